The molecule has 0 spiro atoms. The molecule has 1 aromatic rings. The van der Waals surface area contributed by atoms with Crippen molar-refractivity contribution in [2.24, 2.45) is 5.92 Å². The van der Waals surface area contributed by atoms with E-state index in [9.17, 15) is 9.90 Å². The zero-order valence-electron chi connectivity index (χ0n) is 9.63. The molecule has 1 saturated carbocycles. The molecule has 1 unspecified atom stereocenters. The molecular weight excluding hydrogens is 216 g/mol. The van der Waals surface area contributed by atoms with Crippen LogP contribution in [0.3, 0.4) is 0 Å². The number of anilines is 1. The van der Waals surface area contributed by atoms with E-state index in [2.05, 4.69) is 0 Å². The van der Waals surface area contributed by atoms with Gasteiger partial charge in [-0.3, -0.25) is 0 Å². The van der Waals surface area contributed by atoms with E-state index in [0.29, 0.717) is 5.56 Å². The van der Waals surface area contributed by atoms with Crippen LogP contribution in [0.4, 0.5) is 5.69 Å². The Morgan fingerprint density at radius 3 is 2.47 bits per heavy atom. The first kappa shape index (κ1) is 11.5. The Kier molecular flexibility index (Phi) is 3.01. The summed E-state index contributed by atoms with van der Waals surface area (Å²) in [5, 5.41) is 17.9. The molecule has 0 saturated heterocycles. The molecule has 0 aliphatic heterocycles. The van der Waals surface area contributed by atoms with E-state index in [-0.39, 0.29) is 5.92 Å². The van der Waals surface area contributed by atoms with E-state index in [1.807, 2.05) is 6.07 Å². The number of hydrogen-bond donors (Lipinski definition) is 1. The standard InChI is InChI=1S/C13H14N2O2/c1-15(12(13(16)17)10-4-5-10)11-6-2-9(8-14)3-7-11/h2-3,6-7,10,12H,4-5H2,1H3,(H,16,17). The van der Waals surface area contributed by atoms with Crippen LogP contribution in [0, 0.1) is 17.2 Å². The summed E-state index contributed by atoms with van der Waals surface area (Å²) in [6.07, 6.45) is 1.97. The predicted molar refractivity (Wildman–Crippen MR) is 63.7 cm³/mol. The summed E-state index contributed by atoms with van der Waals surface area (Å²) in [5.41, 5.74) is 1.42. The molecule has 1 atom stereocenters. The molecule has 0 heterocycles. The molecule has 2 rings (SSSR count). The van der Waals surface area contributed by atoms with Crippen molar-refractivity contribution in [3.63, 3.8) is 0 Å². The van der Waals surface area contributed by atoms with Gasteiger partial charge < -0.3 is 10.0 Å². The molecule has 1 aromatic carbocycles. The molecule has 4 heteroatoms. The van der Waals surface area contributed by atoms with Gasteiger partial charge in [-0.25, -0.2) is 4.79 Å². The van der Waals surface area contributed by atoms with Crippen molar-refractivity contribution < 1.29 is 9.90 Å². The predicted octanol–water partition coefficient (Wildman–Crippen LogP) is 1.86. The summed E-state index contributed by atoms with van der Waals surface area (Å²) in [6, 6.07) is 8.58. The highest BCUT2D eigenvalue weighted by molar-refractivity contribution is 5.79. The molecule has 1 aliphatic carbocycles. The lowest BCUT2D eigenvalue weighted by molar-refractivity contribution is -0.139. The fourth-order valence-electron chi connectivity index (χ4n) is 2.03. The second kappa shape index (κ2) is 4.46. The third-order valence-corrected chi connectivity index (χ3v) is 3.14. The first-order valence-electron chi connectivity index (χ1n) is 5.59. The Balaban J connectivity index is 2.19. The molecule has 17 heavy (non-hydrogen) atoms. The van der Waals surface area contributed by atoms with E-state index in [1.54, 1.807) is 36.2 Å². The van der Waals surface area contributed by atoms with Crippen molar-refractivity contribution in [2.75, 3.05) is 11.9 Å². The molecule has 88 valence electrons. The smallest absolute Gasteiger partial charge is 0.326 e. The molecule has 1 N–H and O–H groups in total. The van der Waals surface area contributed by atoms with Crippen molar-refractivity contribution in [2.45, 2.75) is 18.9 Å². The minimum absolute atomic E-state index is 0.258. The highest BCUT2D eigenvalue weighted by Crippen LogP contribution is 2.36. The van der Waals surface area contributed by atoms with Crippen molar-refractivity contribution in [3.05, 3.63) is 29.8 Å². The number of hydrogen-bond acceptors (Lipinski definition) is 3. The summed E-state index contributed by atoms with van der Waals surface area (Å²) in [7, 11) is 1.79. The van der Waals surface area contributed by atoms with Crippen LogP contribution in [0.2, 0.25) is 0 Å². The number of carbonyl (C=O) groups is 1. The Labute approximate surface area is 100 Å². The van der Waals surface area contributed by atoms with Crippen LogP contribution < -0.4 is 4.90 Å². The minimum atomic E-state index is -0.778. The average molecular weight is 230 g/mol. The van der Waals surface area contributed by atoms with Gasteiger partial charge in [0.05, 0.1) is 11.6 Å². The Bertz CT molecular complexity index is 457. The van der Waals surface area contributed by atoms with Crippen molar-refractivity contribution >= 4 is 11.7 Å². The van der Waals surface area contributed by atoms with E-state index in [4.69, 9.17) is 5.26 Å². The van der Waals surface area contributed by atoms with Gasteiger partial charge in [0.25, 0.3) is 0 Å². The molecule has 1 fully saturated rings. The Morgan fingerprint density at radius 2 is 2.06 bits per heavy atom. The average Bonchev–Trinajstić information content (AvgIpc) is 3.13. The molecule has 0 bridgehead atoms. The Hall–Kier alpha value is -2.02. The van der Waals surface area contributed by atoms with Gasteiger partial charge in [-0.05, 0) is 43.0 Å². The molecule has 0 aromatic heterocycles. The number of rotatable bonds is 4. The summed E-state index contributed by atoms with van der Waals surface area (Å²) in [4.78, 5) is 13.0. The van der Waals surface area contributed by atoms with Crippen LogP contribution in [-0.2, 0) is 4.79 Å². The Morgan fingerprint density at radius 1 is 1.47 bits per heavy atom. The third-order valence-electron chi connectivity index (χ3n) is 3.14. The number of likely N-dealkylation sites (N-methyl/N-ethyl adjacent to an activating group) is 1. The second-order valence-electron chi connectivity index (χ2n) is 4.39. The van der Waals surface area contributed by atoms with E-state index in [1.165, 1.54) is 0 Å². The lowest BCUT2D eigenvalue weighted by Gasteiger charge is -2.26. The lowest BCUT2D eigenvalue weighted by atomic mass is 10.1. The normalized spacial score (nSPS) is 16.0. The number of carboxylic acid groups (broad SMARTS) is 1. The number of aliphatic carboxylic acids is 1. The fourth-order valence-corrected chi connectivity index (χ4v) is 2.03. The van der Waals surface area contributed by atoms with Gasteiger partial charge in [0.1, 0.15) is 6.04 Å². The number of nitrogens with zero attached hydrogens (tertiary/aromatic N) is 2. The second-order valence-corrected chi connectivity index (χ2v) is 4.39. The van der Waals surface area contributed by atoms with Gasteiger partial charge >= 0.3 is 5.97 Å². The number of nitriles is 1. The van der Waals surface area contributed by atoms with Gasteiger partial charge in [0.2, 0.25) is 0 Å². The molecule has 4 nitrogen and oxygen atoms in total. The summed E-state index contributed by atoms with van der Waals surface area (Å²) in [5.74, 6) is -0.521. The molecule has 0 radical (unpaired) electrons. The van der Waals surface area contributed by atoms with E-state index < -0.39 is 12.0 Å². The van der Waals surface area contributed by atoms with Crippen LogP contribution >= 0.6 is 0 Å². The van der Waals surface area contributed by atoms with Crippen LogP contribution in [0.1, 0.15) is 18.4 Å². The van der Waals surface area contributed by atoms with E-state index in [0.717, 1.165) is 18.5 Å². The first-order valence-corrected chi connectivity index (χ1v) is 5.59. The SMILES string of the molecule is CN(c1ccc(C#N)cc1)C(C(=O)O)C1CC1. The van der Waals surface area contributed by atoms with Gasteiger partial charge in [0, 0.05) is 12.7 Å². The maximum absolute atomic E-state index is 11.2. The van der Waals surface area contributed by atoms with Gasteiger partial charge in [0.15, 0.2) is 0 Å². The molecule has 1 aliphatic rings. The zero-order chi connectivity index (χ0) is 12.4. The van der Waals surface area contributed by atoms with Crippen molar-refractivity contribution in [1.29, 1.82) is 5.26 Å². The van der Waals surface area contributed by atoms with Gasteiger partial charge in [-0.15, -0.1) is 0 Å². The highest BCUT2D eigenvalue weighted by atomic mass is 16.4. The maximum Gasteiger partial charge on any atom is 0.326 e. The quantitative estimate of drug-likeness (QED) is 0.857. The van der Waals surface area contributed by atoms with Crippen LogP contribution in [0.25, 0.3) is 0 Å². The minimum Gasteiger partial charge on any atom is -0.480 e. The third kappa shape index (κ3) is 2.39. The van der Waals surface area contributed by atoms with Crippen molar-refractivity contribution in [3.8, 4) is 6.07 Å². The lowest BCUT2D eigenvalue weighted by Crippen LogP contribution is -2.40. The van der Waals surface area contributed by atoms with Crippen LogP contribution in [-0.4, -0.2) is 24.2 Å². The molecule has 0 amide bonds. The topological polar surface area (TPSA) is 64.3 Å². The first-order chi connectivity index (χ1) is 8.13. The van der Waals surface area contributed by atoms with Gasteiger partial charge in [-0.2, -0.15) is 5.26 Å². The van der Waals surface area contributed by atoms with Crippen LogP contribution in [0.15, 0.2) is 24.3 Å². The highest BCUT2D eigenvalue weighted by Gasteiger charge is 2.39. The summed E-state index contributed by atoms with van der Waals surface area (Å²) < 4.78 is 0. The molecular formula is C13H14N2O2. The maximum atomic E-state index is 11.2. The van der Waals surface area contributed by atoms with Gasteiger partial charge in [-0.1, -0.05) is 0 Å². The summed E-state index contributed by atoms with van der Waals surface area (Å²) >= 11 is 0. The van der Waals surface area contributed by atoms with Crippen molar-refractivity contribution in [1.82, 2.24) is 0 Å². The number of benzene rings is 1. The van der Waals surface area contributed by atoms with E-state index >= 15 is 0 Å². The number of carboxylic acids is 1. The largest absolute Gasteiger partial charge is 0.480 e. The van der Waals surface area contributed by atoms with Crippen LogP contribution in [0.5, 0.6) is 0 Å². The summed E-state index contributed by atoms with van der Waals surface area (Å²) in [6.45, 7) is 0. The fraction of sp³-hybridized carbons (Fsp3) is 0.385. The monoisotopic (exact) mass is 230 g/mol. The zero-order valence-corrected chi connectivity index (χ0v) is 9.63.